The Bertz CT molecular complexity index is 698. The second-order valence-electron chi connectivity index (χ2n) is 5.39. The van der Waals surface area contributed by atoms with Gasteiger partial charge in [0.1, 0.15) is 11.8 Å². The van der Waals surface area contributed by atoms with Crippen molar-refractivity contribution in [1.82, 2.24) is 0 Å². The van der Waals surface area contributed by atoms with Gasteiger partial charge in [-0.05, 0) is 37.3 Å². The molecule has 1 atom stereocenters. The number of hydrogen-bond acceptors (Lipinski definition) is 4. The van der Waals surface area contributed by atoms with Gasteiger partial charge in [-0.15, -0.1) is 0 Å². The summed E-state index contributed by atoms with van der Waals surface area (Å²) in [5.74, 6) is 0.981. The van der Waals surface area contributed by atoms with Gasteiger partial charge in [0.25, 0.3) is 5.91 Å². The number of benzene rings is 1. The summed E-state index contributed by atoms with van der Waals surface area (Å²) in [5.41, 5.74) is 1.10. The van der Waals surface area contributed by atoms with Gasteiger partial charge >= 0.3 is 0 Å². The molecule has 7 nitrogen and oxygen atoms in total. The minimum Gasteiger partial charge on any atom is -0.495 e. The van der Waals surface area contributed by atoms with Crippen LogP contribution in [0.3, 0.4) is 0 Å². The van der Waals surface area contributed by atoms with E-state index >= 15 is 0 Å². The van der Waals surface area contributed by atoms with Crippen molar-refractivity contribution in [1.29, 1.82) is 0 Å². The Balaban J connectivity index is 1.98. The van der Waals surface area contributed by atoms with Gasteiger partial charge in [0.2, 0.25) is 5.91 Å². The standard InChI is InChI=1S/C17H21N3O4/c1-11(15-5-4-8-24-15)18-10-17(22)20-14-9-13(19-12(2)21)6-7-16(14)23-3/h4-9,11,18H,10H2,1-3H3,(H,19,21)(H,20,22)/p+1/t11-/m0/s1. The van der Waals surface area contributed by atoms with Gasteiger partial charge in [-0.3, -0.25) is 9.59 Å². The highest BCUT2D eigenvalue weighted by Crippen LogP contribution is 2.27. The molecule has 4 N–H and O–H groups in total. The van der Waals surface area contributed by atoms with Crippen LogP contribution in [0.5, 0.6) is 5.75 Å². The van der Waals surface area contributed by atoms with E-state index in [9.17, 15) is 9.59 Å². The molecule has 0 unspecified atom stereocenters. The van der Waals surface area contributed by atoms with E-state index in [-0.39, 0.29) is 24.4 Å². The fourth-order valence-electron chi connectivity index (χ4n) is 2.24. The summed E-state index contributed by atoms with van der Waals surface area (Å²) in [7, 11) is 1.52. The van der Waals surface area contributed by atoms with Crippen LogP contribution in [-0.4, -0.2) is 25.5 Å². The summed E-state index contributed by atoms with van der Waals surface area (Å²) >= 11 is 0. The molecule has 0 aliphatic heterocycles. The van der Waals surface area contributed by atoms with Gasteiger partial charge in [0.05, 0.1) is 19.1 Å². The SMILES string of the molecule is COc1ccc(NC(C)=O)cc1NC(=O)C[NH2+][C@@H](C)c1ccco1. The van der Waals surface area contributed by atoms with Crippen LogP contribution >= 0.6 is 0 Å². The number of rotatable bonds is 7. The quantitative estimate of drug-likeness (QED) is 0.716. The van der Waals surface area contributed by atoms with Crippen LogP contribution in [0.4, 0.5) is 11.4 Å². The predicted molar refractivity (Wildman–Crippen MR) is 89.8 cm³/mol. The van der Waals surface area contributed by atoms with E-state index in [2.05, 4.69) is 10.6 Å². The molecule has 2 aromatic rings. The molecule has 0 aliphatic carbocycles. The third-order valence-corrected chi connectivity index (χ3v) is 3.44. The van der Waals surface area contributed by atoms with Crippen molar-refractivity contribution in [3.05, 3.63) is 42.4 Å². The molecule has 128 valence electrons. The molecular weight excluding hydrogens is 310 g/mol. The van der Waals surface area contributed by atoms with Gasteiger partial charge in [-0.1, -0.05) is 0 Å². The number of nitrogens with two attached hydrogens (primary N) is 1. The number of carbonyl (C=O) groups is 2. The van der Waals surface area contributed by atoms with Gasteiger partial charge in [0.15, 0.2) is 12.3 Å². The zero-order valence-corrected chi connectivity index (χ0v) is 14.0. The highest BCUT2D eigenvalue weighted by molar-refractivity contribution is 5.95. The molecule has 0 bridgehead atoms. The molecule has 0 saturated heterocycles. The third-order valence-electron chi connectivity index (χ3n) is 3.44. The second-order valence-corrected chi connectivity index (χ2v) is 5.39. The Kier molecular flexibility index (Phi) is 5.97. The maximum atomic E-state index is 12.2. The number of anilines is 2. The number of nitrogens with one attached hydrogen (secondary N) is 2. The molecule has 1 heterocycles. The number of quaternary nitrogens is 1. The molecule has 0 spiro atoms. The van der Waals surface area contributed by atoms with Crippen LogP contribution < -0.4 is 20.7 Å². The Labute approximate surface area is 140 Å². The molecule has 1 aromatic heterocycles. The summed E-state index contributed by atoms with van der Waals surface area (Å²) in [6.07, 6.45) is 1.61. The number of furan rings is 1. The van der Waals surface area contributed by atoms with E-state index in [0.717, 1.165) is 5.76 Å². The summed E-state index contributed by atoms with van der Waals surface area (Å²) in [6.45, 7) is 3.62. The van der Waals surface area contributed by atoms with Crippen molar-refractivity contribution in [3.8, 4) is 5.75 Å². The minimum absolute atomic E-state index is 0.0401. The third kappa shape index (κ3) is 4.85. The highest BCUT2D eigenvalue weighted by Gasteiger charge is 2.15. The Hall–Kier alpha value is -2.80. The average Bonchev–Trinajstić information content (AvgIpc) is 3.07. The van der Waals surface area contributed by atoms with Crippen molar-refractivity contribution in [2.45, 2.75) is 19.9 Å². The van der Waals surface area contributed by atoms with Crippen molar-refractivity contribution < 1.29 is 24.1 Å². The maximum Gasteiger partial charge on any atom is 0.279 e. The summed E-state index contributed by atoms with van der Waals surface area (Å²) in [5, 5.41) is 7.34. The normalized spacial score (nSPS) is 11.6. The molecule has 0 fully saturated rings. The van der Waals surface area contributed by atoms with Crippen LogP contribution in [0.1, 0.15) is 25.6 Å². The van der Waals surface area contributed by atoms with Gasteiger partial charge in [-0.2, -0.15) is 0 Å². The summed E-state index contributed by atoms with van der Waals surface area (Å²) in [6, 6.07) is 8.79. The number of ether oxygens (including phenoxy) is 1. The number of carbonyl (C=O) groups excluding carboxylic acids is 2. The van der Waals surface area contributed by atoms with Gasteiger partial charge in [-0.25, -0.2) is 0 Å². The monoisotopic (exact) mass is 332 g/mol. The minimum atomic E-state index is -0.182. The first-order valence-electron chi connectivity index (χ1n) is 7.61. The number of methoxy groups -OCH3 is 1. The van der Waals surface area contributed by atoms with E-state index in [4.69, 9.17) is 9.15 Å². The highest BCUT2D eigenvalue weighted by atomic mass is 16.5. The Morgan fingerprint density at radius 3 is 2.71 bits per heavy atom. The fourth-order valence-corrected chi connectivity index (χ4v) is 2.24. The van der Waals surface area contributed by atoms with E-state index < -0.39 is 0 Å². The lowest BCUT2D eigenvalue weighted by Crippen LogP contribution is -2.86. The van der Waals surface area contributed by atoms with Crippen LogP contribution in [-0.2, 0) is 9.59 Å². The molecular formula is C17H22N3O4+. The lowest BCUT2D eigenvalue weighted by Gasteiger charge is -2.13. The largest absolute Gasteiger partial charge is 0.495 e. The van der Waals surface area contributed by atoms with Crippen molar-refractivity contribution in [2.75, 3.05) is 24.3 Å². The van der Waals surface area contributed by atoms with Gasteiger partial charge < -0.3 is 25.1 Å². The van der Waals surface area contributed by atoms with Crippen LogP contribution in [0.15, 0.2) is 41.0 Å². The molecule has 0 saturated carbocycles. The lowest BCUT2D eigenvalue weighted by molar-refractivity contribution is -0.684. The molecule has 7 heteroatoms. The van der Waals surface area contributed by atoms with Crippen molar-refractivity contribution in [3.63, 3.8) is 0 Å². The summed E-state index contributed by atoms with van der Waals surface area (Å²) < 4.78 is 10.5. The van der Waals surface area contributed by atoms with E-state index in [1.165, 1.54) is 14.0 Å². The molecule has 0 radical (unpaired) electrons. The zero-order chi connectivity index (χ0) is 17.5. The topological polar surface area (TPSA) is 97.2 Å². The second kappa shape index (κ2) is 8.16. The van der Waals surface area contributed by atoms with Gasteiger partial charge in [0, 0.05) is 12.6 Å². The van der Waals surface area contributed by atoms with Crippen molar-refractivity contribution >= 4 is 23.2 Å². The maximum absolute atomic E-state index is 12.2. The zero-order valence-electron chi connectivity index (χ0n) is 14.0. The Morgan fingerprint density at radius 2 is 2.08 bits per heavy atom. The average molecular weight is 332 g/mol. The predicted octanol–water partition coefficient (Wildman–Crippen LogP) is 1.51. The van der Waals surface area contributed by atoms with E-state index in [1.807, 2.05) is 24.4 Å². The lowest BCUT2D eigenvalue weighted by atomic mass is 10.2. The molecule has 24 heavy (non-hydrogen) atoms. The Morgan fingerprint density at radius 1 is 1.29 bits per heavy atom. The first-order chi connectivity index (χ1) is 11.5. The summed E-state index contributed by atoms with van der Waals surface area (Å²) in [4.78, 5) is 23.3. The first kappa shape index (κ1) is 17.6. The molecule has 0 aliphatic rings. The molecule has 1 aromatic carbocycles. The smallest absolute Gasteiger partial charge is 0.279 e. The van der Waals surface area contributed by atoms with Crippen LogP contribution in [0.2, 0.25) is 0 Å². The van der Waals surface area contributed by atoms with Crippen LogP contribution in [0.25, 0.3) is 0 Å². The fraction of sp³-hybridized carbons (Fsp3) is 0.294. The molecule has 2 amide bonds. The number of amides is 2. The van der Waals surface area contributed by atoms with E-state index in [1.54, 1.807) is 24.5 Å². The number of hydrogen-bond donors (Lipinski definition) is 3. The van der Waals surface area contributed by atoms with E-state index in [0.29, 0.717) is 17.1 Å². The van der Waals surface area contributed by atoms with Crippen molar-refractivity contribution in [2.24, 2.45) is 0 Å². The van der Waals surface area contributed by atoms with Crippen LogP contribution in [0, 0.1) is 0 Å². The first-order valence-corrected chi connectivity index (χ1v) is 7.61. The molecule has 2 rings (SSSR count).